The first-order valence-electron chi connectivity index (χ1n) is 5.26. The predicted molar refractivity (Wildman–Crippen MR) is 66.2 cm³/mol. The molecule has 0 spiro atoms. The van der Waals surface area contributed by atoms with Gasteiger partial charge in [-0.15, -0.1) is 0 Å². The van der Waals surface area contributed by atoms with Crippen molar-refractivity contribution in [1.29, 1.82) is 0 Å². The molecule has 0 amide bonds. The maximum absolute atomic E-state index is 6.00. The lowest BCUT2D eigenvalue weighted by Crippen LogP contribution is -1.98. The number of aryl methyl sites for hydroxylation is 1. The molecule has 16 heavy (non-hydrogen) atoms. The lowest BCUT2D eigenvalue weighted by atomic mass is 10.0. The van der Waals surface area contributed by atoms with Gasteiger partial charge < -0.3 is 5.73 Å². The molecule has 84 valence electrons. The van der Waals surface area contributed by atoms with Gasteiger partial charge in [0.1, 0.15) is 0 Å². The Kier molecular flexibility index (Phi) is 3.27. The first kappa shape index (κ1) is 11.2. The highest BCUT2D eigenvalue weighted by atomic mass is 35.5. The molecule has 0 unspecified atom stereocenters. The van der Waals surface area contributed by atoms with E-state index >= 15 is 0 Å². The molecule has 0 radical (unpaired) electrons. The lowest BCUT2D eigenvalue weighted by molar-refractivity contribution is 0.660. The monoisotopic (exact) mass is 235 g/mol. The molecule has 2 N–H and O–H groups in total. The Morgan fingerprint density at radius 1 is 1.44 bits per heavy atom. The van der Waals surface area contributed by atoms with Gasteiger partial charge in [0.25, 0.3) is 0 Å². The van der Waals surface area contributed by atoms with Crippen LogP contribution in [0.25, 0.3) is 11.1 Å². The van der Waals surface area contributed by atoms with Crippen molar-refractivity contribution in [2.75, 3.05) is 0 Å². The third kappa shape index (κ3) is 2.10. The average molecular weight is 236 g/mol. The second-order valence-electron chi connectivity index (χ2n) is 3.59. The summed E-state index contributed by atoms with van der Waals surface area (Å²) in [6, 6.07) is 5.75. The highest BCUT2D eigenvalue weighted by molar-refractivity contribution is 6.30. The van der Waals surface area contributed by atoms with Gasteiger partial charge in [0.15, 0.2) is 0 Å². The van der Waals surface area contributed by atoms with Crippen LogP contribution in [0.5, 0.6) is 0 Å². The van der Waals surface area contributed by atoms with Crippen LogP contribution < -0.4 is 5.73 Å². The molecule has 0 saturated carbocycles. The smallest absolute Gasteiger partial charge is 0.0568 e. The molecule has 0 bridgehead atoms. The van der Waals surface area contributed by atoms with Gasteiger partial charge in [0, 0.05) is 29.9 Å². The molecular formula is C12H14ClN3. The van der Waals surface area contributed by atoms with Crippen molar-refractivity contribution in [3.05, 3.63) is 41.2 Å². The molecular weight excluding hydrogens is 222 g/mol. The molecule has 1 aromatic heterocycles. The largest absolute Gasteiger partial charge is 0.326 e. The maximum atomic E-state index is 6.00. The summed E-state index contributed by atoms with van der Waals surface area (Å²) in [5, 5.41) is 4.97. The second-order valence-corrected chi connectivity index (χ2v) is 4.03. The van der Waals surface area contributed by atoms with E-state index in [0.717, 1.165) is 28.3 Å². The topological polar surface area (TPSA) is 43.8 Å². The summed E-state index contributed by atoms with van der Waals surface area (Å²) < 4.78 is 1.89. The molecule has 0 aliphatic heterocycles. The number of hydrogen-bond donors (Lipinski definition) is 1. The van der Waals surface area contributed by atoms with Crippen LogP contribution in [-0.2, 0) is 13.1 Å². The van der Waals surface area contributed by atoms with Crippen molar-refractivity contribution in [2.45, 2.75) is 20.0 Å². The van der Waals surface area contributed by atoms with Gasteiger partial charge in [-0.05, 0) is 30.2 Å². The molecule has 1 heterocycles. The van der Waals surface area contributed by atoms with Crippen molar-refractivity contribution in [3.63, 3.8) is 0 Å². The zero-order chi connectivity index (χ0) is 11.5. The standard InChI is InChI=1S/C12H14ClN3/c1-2-16-8-10(7-15-16)12-5-11(13)4-3-9(12)6-14/h3-5,7-8H,2,6,14H2,1H3. The second kappa shape index (κ2) is 4.68. The van der Waals surface area contributed by atoms with E-state index < -0.39 is 0 Å². The van der Waals surface area contributed by atoms with E-state index in [2.05, 4.69) is 12.0 Å². The third-order valence-electron chi connectivity index (χ3n) is 2.56. The first-order valence-corrected chi connectivity index (χ1v) is 5.63. The minimum Gasteiger partial charge on any atom is -0.326 e. The lowest BCUT2D eigenvalue weighted by Gasteiger charge is -2.05. The fraction of sp³-hybridized carbons (Fsp3) is 0.250. The minimum absolute atomic E-state index is 0.504. The molecule has 1 aromatic carbocycles. The molecule has 2 aromatic rings. The van der Waals surface area contributed by atoms with E-state index in [0.29, 0.717) is 6.54 Å². The highest BCUT2D eigenvalue weighted by Crippen LogP contribution is 2.26. The van der Waals surface area contributed by atoms with Gasteiger partial charge in [0.05, 0.1) is 6.20 Å². The molecule has 0 aliphatic carbocycles. The molecule has 0 fully saturated rings. The first-order chi connectivity index (χ1) is 7.74. The number of rotatable bonds is 3. The summed E-state index contributed by atoms with van der Waals surface area (Å²) in [5.41, 5.74) is 8.91. The van der Waals surface area contributed by atoms with Crippen molar-refractivity contribution in [3.8, 4) is 11.1 Å². The summed E-state index contributed by atoms with van der Waals surface area (Å²) in [7, 11) is 0. The number of benzene rings is 1. The van der Waals surface area contributed by atoms with Crippen LogP contribution in [0.15, 0.2) is 30.6 Å². The van der Waals surface area contributed by atoms with Crippen molar-refractivity contribution in [1.82, 2.24) is 9.78 Å². The SMILES string of the molecule is CCn1cc(-c2cc(Cl)ccc2CN)cn1. The molecule has 4 heteroatoms. The highest BCUT2D eigenvalue weighted by Gasteiger charge is 2.07. The van der Waals surface area contributed by atoms with Crippen LogP contribution in [0.1, 0.15) is 12.5 Å². The van der Waals surface area contributed by atoms with Crippen LogP contribution >= 0.6 is 11.6 Å². The number of halogens is 1. The van der Waals surface area contributed by atoms with Crippen molar-refractivity contribution < 1.29 is 0 Å². The molecule has 3 nitrogen and oxygen atoms in total. The summed E-state index contributed by atoms with van der Waals surface area (Å²) in [6.45, 7) is 3.42. The Balaban J connectivity index is 2.49. The van der Waals surface area contributed by atoms with Crippen LogP contribution in [-0.4, -0.2) is 9.78 Å². The summed E-state index contributed by atoms with van der Waals surface area (Å²) in [5.74, 6) is 0. The Morgan fingerprint density at radius 2 is 2.25 bits per heavy atom. The number of nitrogens with zero attached hydrogens (tertiary/aromatic N) is 2. The maximum Gasteiger partial charge on any atom is 0.0568 e. The average Bonchev–Trinajstić information content (AvgIpc) is 2.77. The van der Waals surface area contributed by atoms with Crippen molar-refractivity contribution in [2.24, 2.45) is 5.73 Å². The van der Waals surface area contributed by atoms with Crippen LogP contribution in [0.2, 0.25) is 5.02 Å². The molecule has 0 saturated heterocycles. The fourth-order valence-corrected chi connectivity index (χ4v) is 1.84. The predicted octanol–water partition coefficient (Wildman–Crippen LogP) is 2.68. The molecule has 0 atom stereocenters. The molecule has 2 rings (SSSR count). The van der Waals surface area contributed by atoms with Crippen LogP contribution in [0.3, 0.4) is 0 Å². The fourth-order valence-electron chi connectivity index (χ4n) is 1.67. The van der Waals surface area contributed by atoms with Crippen LogP contribution in [0.4, 0.5) is 0 Å². The Hall–Kier alpha value is -1.32. The quantitative estimate of drug-likeness (QED) is 0.889. The van der Waals surface area contributed by atoms with Gasteiger partial charge in [-0.25, -0.2) is 0 Å². The van der Waals surface area contributed by atoms with Gasteiger partial charge >= 0.3 is 0 Å². The van der Waals surface area contributed by atoms with Gasteiger partial charge in [-0.1, -0.05) is 17.7 Å². The van der Waals surface area contributed by atoms with E-state index in [1.165, 1.54) is 0 Å². The number of aromatic nitrogens is 2. The Morgan fingerprint density at radius 3 is 2.88 bits per heavy atom. The number of nitrogens with two attached hydrogens (primary N) is 1. The summed E-state index contributed by atoms with van der Waals surface area (Å²) in [4.78, 5) is 0. The van der Waals surface area contributed by atoms with E-state index in [9.17, 15) is 0 Å². The Bertz CT molecular complexity index is 491. The van der Waals surface area contributed by atoms with Gasteiger partial charge in [-0.3, -0.25) is 4.68 Å². The zero-order valence-electron chi connectivity index (χ0n) is 9.15. The van der Waals surface area contributed by atoms with Gasteiger partial charge in [-0.2, -0.15) is 5.10 Å². The van der Waals surface area contributed by atoms with Crippen LogP contribution in [0, 0.1) is 0 Å². The van der Waals surface area contributed by atoms with Gasteiger partial charge in [0.2, 0.25) is 0 Å². The summed E-state index contributed by atoms with van der Waals surface area (Å²) >= 11 is 6.00. The third-order valence-corrected chi connectivity index (χ3v) is 2.80. The normalized spacial score (nSPS) is 10.7. The minimum atomic E-state index is 0.504. The number of hydrogen-bond acceptors (Lipinski definition) is 2. The van der Waals surface area contributed by atoms with E-state index in [1.54, 1.807) is 0 Å². The van der Waals surface area contributed by atoms with E-state index in [4.69, 9.17) is 17.3 Å². The zero-order valence-corrected chi connectivity index (χ0v) is 9.91. The Labute approximate surface area is 99.8 Å². The van der Waals surface area contributed by atoms with E-state index in [-0.39, 0.29) is 0 Å². The van der Waals surface area contributed by atoms with E-state index in [1.807, 2.05) is 35.3 Å². The summed E-state index contributed by atoms with van der Waals surface area (Å²) in [6.07, 6.45) is 3.85. The van der Waals surface area contributed by atoms with Crippen molar-refractivity contribution >= 4 is 11.6 Å². The molecule has 0 aliphatic rings.